The number of carbonyl (C=O) groups is 1. The number of nitrogens with one attached hydrogen (secondary N) is 1. The molecule has 1 N–H and O–H groups in total. The van der Waals surface area contributed by atoms with Crippen LogP contribution in [0.25, 0.3) is 5.69 Å². The van der Waals surface area contributed by atoms with Crippen molar-refractivity contribution in [1.82, 2.24) is 30.4 Å². The summed E-state index contributed by atoms with van der Waals surface area (Å²) in [6.07, 6.45) is 0. The van der Waals surface area contributed by atoms with Gasteiger partial charge in [-0.1, -0.05) is 17.8 Å². The first-order chi connectivity index (χ1) is 13.0. The van der Waals surface area contributed by atoms with Gasteiger partial charge in [0.1, 0.15) is 5.82 Å². The second-order valence-corrected chi connectivity index (χ2v) is 7.77. The molecule has 0 saturated carbocycles. The number of thioether (sulfide) groups is 1. The third-order valence-electron chi connectivity index (χ3n) is 4.41. The lowest BCUT2D eigenvalue weighted by molar-refractivity contribution is -0.119. The molecule has 0 spiro atoms. The molecule has 2 aromatic rings. The average molecular weight is 394 g/mol. The van der Waals surface area contributed by atoms with E-state index in [1.807, 2.05) is 0 Å². The quantitative estimate of drug-likeness (QED) is 0.705. The fourth-order valence-electron chi connectivity index (χ4n) is 2.82. The number of hydrogen-bond donors (Lipinski definition) is 1. The van der Waals surface area contributed by atoms with E-state index in [-0.39, 0.29) is 23.0 Å². The molecule has 0 unspecified atom stereocenters. The van der Waals surface area contributed by atoms with Crippen LogP contribution in [0.1, 0.15) is 13.8 Å². The minimum absolute atomic E-state index is 0.102. The number of benzene rings is 1. The van der Waals surface area contributed by atoms with Crippen molar-refractivity contribution in [1.29, 1.82) is 0 Å². The molecule has 1 amide bonds. The van der Waals surface area contributed by atoms with E-state index in [0.29, 0.717) is 17.4 Å². The van der Waals surface area contributed by atoms with Crippen molar-refractivity contribution in [3.63, 3.8) is 0 Å². The summed E-state index contributed by atoms with van der Waals surface area (Å²) in [5.41, 5.74) is 0.365. The van der Waals surface area contributed by atoms with Crippen molar-refractivity contribution in [3.8, 4) is 5.69 Å². The van der Waals surface area contributed by atoms with Gasteiger partial charge in [0, 0.05) is 25.2 Å². The van der Waals surface area contributed by atoms with E-state index in [2.05, 4.69) is 39.6 Å². The Morgan fingerprint density at radius 1 is 1.37 bits per heavy atom. The van der Waals surface area contributed by atoms with Gasteiger partial charge in [-0.05, 0) is 42.5 Å². The topological polar surface area (TPSA) is 85.2 Å². The van der Waals surface area contributed by atoms with Crippen LogP contribution < -0.4 is 5.32 Å². The van der Waals surface area contributed by atoms with Crippen molar-refractivity contribution in [2.75, 3.05) is 38.6 Å². The number of ether oxygens (including phenoxy) is 1. The molecule has 2 heterocycles. The Hall–Kier alpha value is -2.04. The van der Waals surface area contributed by atoms with Gasteiger partial charge in [-0.3, -0.25) is 9.69 Å². The summed E-state index contributed by atoms with van der Waals surface area (Å²) in [4.78, 5) is 14.6. The van der Waals surface area contributed by atoms with Crippen LogP contribution in [-0.2, 0) is 9.53 Å². The van der Waals surface area contributed by atoms with Crippen LogP contribution in [-0.4, -0.2) is 75.2 Å². The number of nitrogens with zero attached hydrogens (tertiary/aromatic N) is 5. The predicted octanol–water partition coefficient (Wildman–Crippen LogP) is 1.12. The Morgan fingerprint density at radius 3 is 2.89 bits per heavy atom. The van der Waals surface area contributed by atoms with Crippen LogP contribution in [0.3, 0.4) is 0 Å². The molecule has 0 radical (unpaired) electrons. The second-order valence-electron chi connectivity index (χ2n) is 6.83. The zero-order valence-electron chi connectivity index (χ0n) is 15.4. The van der Waals surface area contributed by atoms with E-state index >= 15 is 0 Å². The monoisotopic (exact) mass is 394 g/mol. The molecule has 10 heteroatoms. The third kappa shape index (κ3) is 5.24. The van der Waals surface area contributed by atoms with Gasteiger partial charge in [-0.15, -0.1) is 5.10 Å². The lowest BCUT2D eigenvalue weighted by Crippen LogP contribution is -2.55. The summed E-state index contributed by atoms with van der Waals surface area (Å²) in [5, 5.41) is 14.8. The molecule has 27 heavy (non-hydrogen) atoms. The Bertz CT molecular complexity index is 778. The number of amides is 1. The molecule has 0 aliphatic carbocycles. The van der Waals surface area contributed by atoms with Crippen molar-refractivity contribution in [3.05, 3.63) is 30.1 Å². The molecule has 1 saturated heterocycles. The van der Waals surface area contributed by atoms with Crippen LogP contribution in [0.15, 0.2) is 29.4 Å². The highest BCUT2D eigenvalue weighted by Gasteiger charge is 2.28. The number of carbonyl (C=O) groups excluding carboxylic acids is 1. The molecule has 0 atom stereocenters. The molecular formula is C17H23FN6O2S. The van der Waals surface area contributed by atoms with Gasteiger partial charge in [0.05, 0.1) is 24.7 Å². The molecular weight excluding hydrogens is 371 g/mol. The van der Waals surface area contributed by atoms with Crippen LogP contribution in [0, 0.1) is 5.82 Å². The summed E-state index contributed by atoms with van der Waals surface area (Å²) < 4.78 is 20.2. The zero-order valence-corrected chi connectivity index (χ0v) is 16.2. The van der Waals surface area contributed by atoms with E-state index in [4.69, 9.17) is 4.74 Å². The summed E-state index contributed by atoms with van der Waals surface area (Å²) in [5.74, 6) is -0.299. The maximum absolute atomic E-state index is 13.4. The van der Waals surface area contributed by atoms with Gasteiger partial charge < -0.3 is 10.1 Å². The van der Waals surface area contributed by atoms with E-state index in [1.165, 1.54) is 28.6 Å². The average Bonchev–Trinajstić information content (AvgIpc) is 3.14. The predicted molar refractivity (Wildman–Crippen MR) is 99.3 cm³/mol. The van der Waals surface area contributed by atoms with E-state index in [1.54, 1.807) is 12.1 Å². The molecule has 1 aromatic carbocycles. The smallest absolute Gasteiger partial charge is 0.230 e. The molecule has 1 aliphatic rings. The second kappa shape index (κ2) is 8.77. The summed E-state index contributed by atoms with van der Waals surface area (Å²) >= 11 is 1.21. The fourth-order valence-corrected chi connectivity index (χ4v) is 3.54. The van der Waals surface area contributed by atoms with Crippen molar-refractivity contribution in [2.24, 2.45) is 0 Å². The number of hydrogen-bond acceptors (Lipinski definition) is 7. The lowest BCUT2D eigenvalue weighted by atomic mass is 10.0. The highest BCUT2D eigenvalue weighted by atomic mass is 32.2. The van der Waals surface area contributed by atoms with Gasteiger partial charge in [0.2, 0.25) is 11.1 Å². The molecule has 1 aromatic heterocycles. The SMILES string of the molecule is CC(C)(CNC(=O)CSc1nnnn1-c1cccc(F)c1)N1CCOCC1. The Morgan fingerprint density at radius 2 is 2.15 bits per heavy atom. The van der Waals surface area contributed by atoms with Crippen molar-refractivity contribution < 1.29 is 13.9 Å². The molecule has 0 bridgehead atoms. The summed E-state index contributed by atoms with van der Waals surface area (Å²) in [7, 11) is 0. The van der Waals surface area contributed by atoms with Crippen LogP contribution in [0.4, 0.5) is 4.39 Å². The van der Waals surface area contributed by atoms with Gasteiger partial charge >= 0.3 is 0 Å². The molecule has 3 rings (SSSR count). The number of aromatic nitrogens is 4. The van der Waals surface area contributed by atoms with Crippen LogP contribution in [0.5, 0.6) is 0 Å². The first-order valence-electron chi connectivity index (χ1n) is 8.72. The molecule has 146 valence electrons. The van der Waals surface area contributed by atoms with Gasteiger partial charge in [0.25, 0.3) is 0 Å². The van der Waals surface area contributed by atoms with Gasteiger partial charge in [-0.25, -0.2) is 4.39 Å². The minimum atomic E-state index is -0.373. The number of morpholine rings is 1. The maximum atomic E-state index is 13.4. The largest absolute Gasteiger partial charge is 0.379 e. The van der Waals surface area contributed by atoms with Crippen LogP contribution >= 0.6 is 11.8 Å². The Balaban J connectivity index is 1.52. The molecule has 8 nitrogen and oxygen atoms in total. The third-order valence-corrected chi connectivity index (χ3v) is 5.33. The summed E-state index contributed by atoms with van der Waals surface area (Å²) in [6, 6.07) is 5.98. The molecule has 1 aliphatic heterocycles. The lowest BCUT2D eigenvalue weighted by Gasteiger charge is -2.40. The molecule has 1 fully saturated rings. The fraction of sp³-hybridized carbons (Fsp3) is 0.529. The first kappa shape index (κ1) is 19.7. The van der Waals surface area contributed by atoms with Crippen molar-refractivity contribution >= 4 is 17.7 Å². The zero-order chi connectivity index (χ0) is 19.3. The highest BCUT2D eigenvalue weighted by Crippen LogP contribution is 2.19. The minimum Gasteiger partial charge on any atom is -0.379 e. The number of rotatable bonds is 7. The van der Waals surface area contributed by atoms with Gasteiger partial charge in [-0.2, -0.15) is 4.68 Å². The van der Waals surface area contributed by atoms with Crippen molar-refractivity contribution in [2.45, 2.75) is 24.5 Å². The summed E-state index contributed by atoms with van der Waals surface area (Å²) in [6.45, 7) is 7.92. The van der Waals surface area contributed by atoms with Crippen LogP contribution in [0.2, 0.25) is 0 Å². The Kier molecular flexibility index (Phi) is 6.40. The van der Waals surface area contributed by atoms with E-state index in [0.717, 1.165) is 26.3 Å². The highest BCUT2D eigenvalue weighted by molar-refractivity contribution is 7.99. The number of halogens is 1. The standard InChI is InChI=1S/C17H23FN6O2S/c1-17(2,23-6-8-26-9-7-23)12-19-15(25)11-27-16-20-21-22-24(16)14-5-3-4-13(18)10-14/h3-5,10H,6-9,11-12H2,1-2H3,(H,19,25). The number of tetrazole rings is 1. The van der Waals surface area contributed by atoms with E-state index in [9.17, 15) is 9.18 Å². The van der Waals surface area contributed by atoms with Gasteiger partial charge in [0.15, 0.2) is 0 Å². The Labute approximate surface area is 161 Å². The first-order valence-corrected chi connectivity index (χ1v) is 9.71. The normalized spacial score (nSPS) is 15.7. The maximum Gasteiger partial charge on any atom is 0.230 e. The van der Waals surface area contributed by atoms with E-state index < -0.39 is 0 Å².